The number of nitrogens with one attached hydrogen (secondary N) is 2. The fourth-order valence-electron chi connectivity index (χ4n) is 2.58. The number of hydrogen-bond donors (Lipinski definition) is 2. The van der Waals surface area contributed by atoms with E-state index in [-0.39, 0.29) is 35.7 Å². The van der Waals surface area contributed by atoms with Gasteiger partial charge in [0, 0.05) is 19.0 Å². The minimum atomic E-state index is -0.240. The van der Waals surface area contributed by atoms with E-state index in [1.807, 2.05) is 31.2 Å². The number of aliphatic imine (C=N–C) groups is 1. The van der Waals surface area contributed by atoms with Gasteiger partial charge in [0.1, 0.15) is 11.6 Å². The van der Waals surface area contributed by atoms with E-state index in [0.29, 0.717) is 12.5 Å². The van der Waals surface area contributed by atoms with E-state index in [4.69, 9.17) is 4.74 Å². The average molecular weight is 471 g/mol. The Hall–Kier alpha value is -1.83. The second kappa shape index (κ2) is 11.7. The lowest BCUT2D eigenvalue weighted by Gasteiger charge is -2.18. The van der Waals surface area contributed by atoms with Crippen molar-refractivity contribution in [2.75, 3.05) is 20.2 Å². The molecule has 0 aliphatic rings. The van der Waals surface area contributed by atoms with E-state index in [1.165, 1.54) is 12.1 Å². The summed E-state index contributed by atoms with van der Waals surface area (Å²) < 4.78 is 18.7. The molecular weight excluding hydrogens is 444 g/mol. The molecule has 0 amide bonds. The summed E-state index contributed by atoms with van der Waals surface area (Å²) in [4.78, 5) is 4.53. The first kappa shape index (κ1) is 22.2. The standard InChI is InChI=1S/C20H26FN3O.HI/c1-4-22-20(24-14-16-8-7-9-17(21)12-16)23-13-15(2)18-10-5-6-11-19(18)25-3;/h5-12,15H,4,13-14H2,1-3H3,(H2,22,23,24);1H. The number of rotatable bonds is 7. The fourth-order valence-corrected chi connectivity index (χ4v) is 2.58. The number of guanidine groups is 1. The van der Waals surface area contributed by atoms with E-state index in [9.17, 15) is 4.39 Å². The predicted octanol–water partition coefficient (Wildman–Crippen LogP) is 4.31. The maximum atomic E-state index is 13.3. The van der Waals surface area contributed by atoms with Gasteiger partial charge in [0.2, 0.25) is 0 Å². The summed E-state index contributed by atoms with van der Waals surface area (Å²) in [7, 11) is 1.68. The van der Waals surface area contributed by atoms with Crippen molar-refractivity contribution in [2.24, 2.45) is 4.99 Å². The Kier molecular flexibility index (Phi) is 10.0. The molecule has 0 bridgehead atoms. The van der Waals surface area contributed by atoms with Crippen LogP contribution in [0.25, 0.3) is 0 Å². The van der Waals surface area contributed by atoms with Gasteiger partial charge in [0.05, 0.1) is 13.7 Å². The number of ether oxygens (including phenoxy) is 1. The number of benzene rings is 2. The van der Waals surface area contributed by atoms with Gasteiger partial charge in [-0.3, -0.25) is 0 Å². The van der Waals surface area contributed by atoms with E-state index < -0.39 is 0 Å². The molecule has 0 fully saturated rings. The van der Waals surface area contributed by atoms with Crippen LogP contribution in [0.4, 0.5) is 4.39 Å². The Balaban J connectivity index is 0.00000338. The van der Waals surface area contributed by atoms with Gasteiger partial charge in [-0.1, -0.05) is 37.3 Å². The molecule has 1 atom stereocenters. The van der Waals surface area contributed by atoms with Crippen LogP contribution in [-0.4, -0.2) is 26.2 Å². The maximum absolute atomic E-state index is 13.3. The van der Waals surface area contributed by atoms with Crippen LogP contribution < -0.4 is 15.4 Å². The molecule has 0 aliphatic heterocycles. The third kappa shape index (κ3) is 6.82. The van der Waals surface area contributed by atoms with Crippen molar-refractivity contribution < 1.29 is 9.13 Å². The molecule has 0 aromatic heterocycles. The van der Waals surface area contributed by atoms with Crippen LogP contribution in [0.3, 0.4) is 0 Å². The van der Waals surface area contributed by atoms with Gasteiger partial charge in [-0.15, -0.1) is 24.0 Å². The first-order valence-corrected chi connectivity index (χ1v) is 8.53. The molecule has 2 N–H and O–H groups in total. The molecule has 2 aromatic rings. The zero-order valence-corrected chi connectivity index (χ0v) is 17.8. The molecule has 2 rings (SSSR count). The van der Waals surface area contributed by atoms with E-state index >= 15 is 0 Å². The lowest BCUT2D eigenvalue weighted by atomic mass is 10.0. The Morgan fingerprint density at radius 3 is 2.62 bits per heavy atom. The summed E-state index contributed by atoms with van der Waals surface area (Å²) in [6.45, 7) is 6.06. The fraction of sp³-hybridized carbons (Fsp3) is 0.350. The van der Waals surface area contributed by atoms with Gasteiger partial charge >= 0.3 is 0 Å². The minimum Gasteiger partial charge on any atom is -0.496 e. The third-order valence-electron chi connectivity index (χ3n) is 3.90. The zero-order chi connectivity index (χ0) is 18.1. The van der Waals surface area contributed by atoms with Gasteiger partial charge in [-0.05, 0) is 36.2 Å². The molecule has 1 unspecified atom stereocenters. The van der Waals surface area contributed by atoms with Crippen LogP contribution in [0.5, 0.6) is 5.75 Å². The SMILES string of the molecule is CCNC(=NCc1cccc(F)c1)NCC(C)c1ccccc1OC.I. The van der Waals surface area contributed by atoms with Crippen molar-refractivity contribution in [1.29, 1.82) is 0 Å². The quantitative estimate of drug-likeness (QED) is 0.360. The minimum absolute atomic E-state index is 0. The Labute approximate surface area is 172 Å². The third-order valence-corrected chi connectivity index (χ3v) is 3.90. The number of hydrogen-bond acceptors (Lipinski definition) is 2. The molecule has 0 saturated heterocycles. The molecule has 26 heavy (non-hydrogen) atoms. The Morgan fingerprint density at radius 2 is 1.92 bits per heavy atom. The van der Waals surface area contributed by atoms with Crippen molar-refractivity contribution in [2.45, 2.75) is 26.3 Å². The number of methoxy groups -OCH3 is 1. The number of halogens is 2. The van der Waals surface area contributed by atoms with Crippen LogP contribution in [0.1, 0.15) is 30.9 Å². The van der Waals surface area contributed by atoms with Gasteiger partial charge < -0.3 is 15.4 Å². The first-order chi connectivity index (χ1) is 12.1. The first-order valence-electron chi connectivity index (χ1n) is 8.53. The van der Waals surface area contributed by atoms with Gasteiger partial charge in [-0.2, -0.15) is 0 Å². The second-order valence-corrected chi connectivity index (χ2v) is 5.85. The van der Waals surface area contributed by atoms with Crippen molar-refractivity contribution in [1.82, 2.24) is 10.6 Å². The van der Waals surface area contributed by atoms with Crippen LogP contribution in [0.2, 0.25) is 0 Å². The normalized spacial score (nSPS) is 12.1. The van der Waals surface area contributed by atoms with Crippen molar-refractivity contribution in [3.05, 3.63) is 65.5 Å². The highest BCUT2D eigenvalue weighted by Gasteiger charge is 2.11. The molecule has 0 heterocycles. The molecule has 2 aromatic carbocycles. The van der Waals surface area contributed by atoms with Gasteiger partial charge in [-0.25, -0.2) is 9.38 Å². The lowest BCUT2D eigenvalue weighted by molar-refractivity contribution is 0.406. The summed E-state index contributed by atoms with van der Waals surface area (Å²) in [6.07, 6.45) is 0. The van der Waals surface area contributed by atoms with Crippen molar-refractivity contribution >= 4 is 29.9 Å². The smallest absolute Gasteiger partial charge is 0.191 e. The van der Waals surface area contributed by atoms with Crippen molar-refractivity contribution in [3.63, 3.8) is 0 Å². The largest absolute Gasteiger partial charge is 0.496 e. The number of para-hydroxylation sites is 1. The molecule has 0 radical (unpaired) electrons. The molecule has 0 spiro atoms. The summed E-state index contributed by atoms with van der Waals surface area (Å²) in [5.74, 6) is 1.62. The molecule has 4 nitrogen and oxygen atoms in total. The highest BCUT2D eigenvalue weighted by molar-refractivity contribution is 14.0. The lowest BCUT2D eigenvalue weighted by Crippen LogP contribution is -2.39. The summed E-state index contributed by atoms with van der Waals surface area (Å²) in [6, 6.07) is 14.5. The Bertz CT molecular complexity index is 709. The monoisotopic (exact) mass is 471 g/mol. The molecule has 0 aliphatic carbocycles. The molecule has 6 heteroatoms. The number of nitrogens with zero attached hydrogens (tertiary/aromatic N) is 1. The van der Waals surface area contributed by atoms with E-state index in [0.717, 1.165) is 30.0 Å². The Morgan fingerprint density at radius 1 is 1.15 bits per heavy atom. The van der Waals surface area contributed by atoms with Crippen LogP contribution in [0.15, 0.2) is 53.5 Å². The zero-order valence-electron chi connectivity index (χ0n) is 15.5. The predicted molar refractivity (Wildman–Crippen MR) is 116 cm³/mol. The molecule has 142 valence electrons. The topological polar surface area (TPSA) is 45.7 Å². The highest BCUT2D eigenvalue weighted by Crippen LogP contribution is 2.25. The van der Waals surface area contributed by atoms with Crippen LogP contribution in [-0.2, 0) is 6.54 Å². The average Bonchev–Trinajstić information content (AvgIpc) is 2.63. The van der Waals surface area contributed by atoms with E-state index in [2.05, 4.69) is 28.6 Å². The highest BCUT2D eigenvalue weighted by atomic mass is 127. The molecular formula is C20H27FIN3O. The molecule has 0 saturated carbocycles. The summed E-state index contributed by atoms with van der Waals surface area (Å²) >= 11 is 0. The van der Waals surface area contributed by atoms with Gasteiger partial charge in [0.25, 0.3) is 0 Å². The van der Waals surface area contributed by atoms with Gasteiger partial charge in [0.15, 0.2) is 5.96 Å². The summed E-state index contributed by atoms with van der Waals surface area (Å²) in [5, 5.41) is 6.56. The van der Waals surface area contributed by atoms with Crippen LogP contribution in [0, 0.1) is 5.82 Å². The van der Waals surface area contributed by atoms with Crippen molar-refractivity contribution in [3.8, 4) is 5.75 Å². The second-order valence-electron chi connectivity index (χ2n) is 5.85. The van der Waals surface area contributed by atoms with E-state index in [1.54, 1.807) is 13.2 Å². The maximum Gasteiger partial charge on any atom is 0.191 e. The van der Waals surface area contributed by atoms with Crippen LogP contribution >= 0.6 is 24.0 Å². The summed E-state index contributed by atoms with van der Waals surface area (Å²) in [5.41, 5.74) is 1.99.